The summed E-state index contributed by atoms with van der Waals surface area (Å²) >= 11 is 0. The van der Waals surface area contributed by atoms with E-state index < -0.39 is 0 Å². The van der Waals surface area contributed by atoms with Crippen molar-refractivity contribution < 1.29 is 0 Å². The van der Waals surface area contributed by atoms with E-state index in [9.17, 15) is 0 Å². The second-order valence-corrected chi connectivity index (χ2v) is 5.81. The molecule has 0 radical (unpaired) electrons. The van der Waals surface area contributed by atoms with Crippen LogP contribution in [0.4, 0.5) is 5.82 Å². The molecule has 0 aromatic carbocycles. The average molecular weight is 275 g/mol. The van der Waals surface area contributed by atoms with Crippen molar-refractivity contribution in [3.63, 3.8) is 0 Å². The zero-order valence-corrected chi connectivity index (χ0v) is 12.0. The molecule has 0 amide bonds. The van der Waals surface area contributed by atoms with Gasteiger partial charge in [0, 0.05) is 19.1 Å². The third-order valence-corrected chi connectivity index (χ3v) is 3.69. The third-order valence-electron chi connectivity index (χ3n) is 3.69. The molecule has 0 bridgehead atoms. The maximum Gasteiger partial charge on any atom is 0.200 e. The summed E-state index contributed by atoms with van der Waals surface area (Å²) in [6.45, 7) is 7.86. The lowest BCUT2D eigenvalue weighted by molar-refractivity contribution is 0.234. The van der Waals surface area contributed by atoms with Crippen LogP contribution in [-0.2, 0) is 0 Å². The predicted molar refractivity (Wildman–Crippen MR) is 76.5 cm³/mol. The summed E-state index contributed by atoms with van der Waals surface area (Å²) in [7, 11) is 0. The van der Waals surface area contributed by atoms with Crippen molar-refractivity contribution in [1.29, 1.82) is 0 Å². The Kier molecular flexibility index (Phi) is 3.77. The molecule has 1 aliphatic heterocycles. The summed E-state index contributed by atoms with van der Waals surface area (Å²) in [4.78, 5) is 2.58. The van der Waals surface area contributed by atoms with Gasteiger partial charge in [-0.1, -0.05) is 13.8 Å². The molecule has 7 nitrogen and oxygen atoms in total. The minimum absolute atomic E-state index is 0.601. The minimum atomic E-state index is 0.601. The molecule has 7 heteroatoms. The molecule has 1 atom stereocenters. The first kappa shape index (κ1) is 13.2. The molecule has 1 fully saturated rings. The number of likely N-dealkylation sites (tertiary alicyclic amines) is 1. The van der Waals surface area contributed by atoms with Gasteiger partial charge < -0.3 is 5.32 Å². The molecule has 2 aromatic heterocycles. The molecule has 1 N–H and O–H groups in total. The monoisotopic (exact) mass is 275 g/mol. The van der Waals surface area contributed by atoms with Gasteiger partial charge in [0.2, 0.25) is 0 Å². The molecule has 3 rings (SSSR count). The highest BCUT2D eigenvalue weighted by atomic mass is 15.6. The Morgan fingerprint density at radius 3 is 3.15 bits per heavy atom. The van der Waals surface area contributed by atoms with Crippen LogP contribution >= 0.6 is 0 Å². The van der Waals surface area contributed by atoms with E-state index in [0.717, 1.165) is 12.4 Å². The van der Waals surface area contributed by atoms with Crippen molar-refractivity contribution in [2.24, 2.45) is 5.92 Å². The Labute approximate surface area is 118 Å². The molecule has 0 saturated carbocycles. The predicted octanol–water partition coefficient (Wildman–Crippen LogP) is 1.05. The van der Waals surface area contributed by atoms with Crippen LogP contribution < -0.4 is 5.32 Å². The lowest BCUT2D eigenvalue weighted by Crippen LogP contribution is -2.37. The van der Waals surface area contributed by atoms with E-state index in [0.29, 0.717) is 17.6 Å². The second-order valence-electron chi connectivity index (χ2n) is 5.81. The summed E-state index contributed by atoms with van der Waals surface area (Å²) in [6, 6.07) is 4.40. The summed E-state index contributed by atoms with van der Waals surface area (Å²) in [5.74, 6) is 1.53. The number of rotatable bonds is 5. The van der Waals surface area contributed by atoms with Crippen molar-refractivity contribution in [2.45, 2.75) is 32.7 Å². The zero-order valence-electron chi connectivity index (χ0n) is 12.0. The van der Waals surface area contributed by atoms with Crippen LogP contribution in [-0.4, -0.2) is 55.8 Å². The van der Waals surface area contributed by atoms with Crippen LogP contribution in [0.15, 0.2) is 12.1 Å². The van der Waals surface area contributed by atoms with Crippen molar-refractivity contribution in [3.05, 3.63) is 12.1 Å². The standard InChI is InChI=1S/C13H21N7/c1-10(2)9-19-7-3-4-11(19)8-14-12-5-6-13-15-17-18-20(13)16-12/h5-6,10-11H,3-4,7-9H2,1-2H3,(H,14,16)/t11-/m1/s1. The van der Waals surface area contributed by atoms with Gasteiger partial charge in [0.15, 0.2) is 5.65 Å². The fraction of sp³-hybridized carbons (Fsp3) is 0.692. The second kappa shape index (κ2) is 5.70. The number of tetrazole rings is 1. The SMILES string of the molecule is CC(C)CN1CCC[C@@H]1CNc1ccc2nnnn2n1. The molecule has 108 valence electrons. The topological polar surface area (TPSA) is 71.2 Å². The van der Waals surface area contributed by atoms with Crippen molar-refractivity contribution >= 4 is 11.5 Å². The first-order valence-corrected chi connectivity index (χ1v) is 7.26. The lowest BCUT2D eigenvalue weighted by Gasteiger charge is -2.26. The van der Waals surface area contributed by atoms with E-state index in [2.05, 4.69) is 44.7 Å². The van der Waals surface area contributed by atoms with E-state index in [-0.39, 0.29) is 0 Å². The highest BCUT2D eigenvalue weighted by Crippen LogP contribution is 2.19. The van der Waals surface area contributed by atoms with Crippen molar-refractivity contribution in [1.82, 2.24) is 30.2 Å². The Morgan fingerprint density at radius 2 is 2.30 bits per heavy atom. The summed E-state index contributed by atoms with van der Waals surface area (Å²) in [5.41, 5.74) is 0.665. The zero-order chi connectivity index (χ0) is 13.9. The molecule has 2 aromatic rings. The van der Waals surface area contributed by atoms with E-state index in [1.807, 2.05) is 12.1 Å². The highest BCUT2D eigenvalue weighted by Gasteiger charge is 2.24. The van der Waals surface area contributed by atoms with Crippen LogP contribution in [0.1, 0.15) is 26.7 Å². The first-order valence-electron chi connectivity index (χ1n) is 7.26. The Bertz CT molecular complexity index is 565. The number of nitrogens with one attached hydrogen (secondary N) is 1. The van der Waals surface area contributed by atoms with Gasteiger partial charge in [-0.25, -0.2) is 0 Å². The number of fused-ring (bicyclic) bond motifs is 1. The van der Waals surface area contributed by atoms with Gasteiger partial charge in [-0.2, -0.15) is 0 Å². The number of hydrogen-bond acceptors (Lipinski definition) is 6. The molecule has 0 aliphatic carbocycles. The van der Waals surface area contributed by atoms with Crippen LogP contribution in [0.25, 0.3) is 5.65 Å². The fourth-order valence-corrected chi connectivity index (χ4v) is 2.80. The van der Waals surface area contributed by atoms with Crippen LogP contribution in [0.5, 0.6) is 0 Å². The molecule has 0 unspecified atom stereocenters. The van der Waals surface area contributed by atoms with Crippen LogP contribution in [0.2, 0.25) is 0 Å². The van der Waals surface area contributed by atoms with Gasteiger partial charge in [-0.05, 0) is 47.9 Å². The molecule has 3 heterocycles. The van der Waals surface area contributed by atoms with Crippen molar-refractivity contribution in [2.75, 3.05) is 25.0 Å². The largest absolute Gasteiger partial charge is 0.367 e. The van der Waals surface area contributed by atoms with Gasteiger partial charge in [0.25, 0.3) is 0 Å². The van der Waals surface area contributed by atoms with Gasteiger partial charge >= 0.3 is 0 Å². The van der Waals surface area contributed by atoms with Gasteiger partial charge in [0.05, 0.1) is 0 Å². The quantitative estimate of drug-likeness (QED) is 0.879. The fourth-order valence-electron chi connectivity index (χ4n) is 2.80. The molecule has 1 saturated heterocycles. The summed E-state index contributed by atoms with van der Waals surface area (Å²) < 4.78 is 1.45. The number of anilines is 1. The molecular formula is C13H21N7. The Balaban J connectivity index is 1.60. The minimum Gasteiger partial charge on any atom is -0.367 e. The maximum atomic E-state index is 4.33. The number of hydrogen-bond donors (Lipinski definition) is 1. The highest BCUT2D eigenvalue weighted by molar-refractivity contribution is 5.42. The Hall–Kier alpha value is -1.76. The molecule has 1 aliphatic rings. The molecule has 0 spiro atoms. The smallest absolute Gasteiger partial charge is 0.200 e. The Morgan fingerprint density at radius 1 is 1.40 bits per heavy atom. The van der Waals surface area contributed by atoms with Gasteiger partial charge in [-0.15, -0.1) is 14.8 Å². The van der Waals surface area contributed by atoms with Crippen LogP contribution in [0.3, 0.4) is 0 Å². The lowest BCUT2D eigenvalue weighted by atomic mass is 10.1. The van der Waals surface area contributed by atoms with Crippen LogP contribution in [0, 0.1) is 5.92 Å². The summed E-state index contributed by atoms with van der Waals surface area (Å²) in [6.07, 6.45) is 2.55. The van der Waals surface area contributed by atoms with E-state index in [4.69, 9.17) is 0 Å². The average Bonchev–Trinajstić information content (AvgIpc) is 3.03. The van der Waals surface area contributed by atoms with E-state index in [1.54, 1.807) is 0 Å². The van der Waals surface area contributed by atoms with Crippen molar-refractivity contribution in [3.8, 4) is 0 Å². The summed E-state index contributed by atoms with van der Waals surface area (Å²) in [5, 5.41) is 19.0. The van der Waals surface area contributed by atoms with E-state index in [1.165, 1.54) is 30.6 Å². The molecular weight excluding hydrogens is 254 g/mol. The molecule has 20 heavy (non-hydrogen) atoms. The first-order chi connectivity index (χ1) is 9.72. The third kappa shape index (κ3) is 2.87. The number of nitrogens with zero attached hydrogens (tertiary/aromatic N) is 6. The maximum absolute atomic E-state index is 4.33. The van der Waals surface area contributed by atoms with E-state index >= 15 is 0 Å². The van der Waals surface area contributed by atoms with Gasteiger partial charge in [-0.3, -0.25) is 4.90 Å². The normalized spacial score (nSPS) is 20.1. The number of aromatic nitrogens is 5. The van der Waals surface area contributed by atoms with Gasteiger partial charge in [0.1, 0.15) is 5.82 Å².